The van der Waals surface area contributed by atoms with Gasteiger partial charge in [-0.15, -0.1) is 0 Å². The van der Waals surface area contributed by atoms with E-state index in [4.69, 9.17) is 0 Å². The molecule has 0 atom stereocenters. The molecule has 4 rings (SSSR count). The van der Waals surface area contributed by atoms with Crippen LogP contribution < -0.4 is 4.72 Å². The third-order valence-electron chi connectivity index (χ3n) is 4.38. The number of nitrogens with one attached hydrogen (secondary N) is 1. The van der Waals surface area contributed by atoms with Crippen molar-refractivity contribution in [1.29, 1.82) is 0 Å². The second-order valence-electron chi connectivity index (χ2n) is 6.62. The maximum Gasteiger partial charge on any atom is 0.236 e. The zero-order valence-corrected chi connectivity index (χ0v) is 15.9. The first-order chi connectivity index (χ1) is 13.4. The number of nitrogens with zero attached hydrogens (tertiary/aromatic N) is 2. The van der Waals surface area contributed by atoms with Gasteiger partial charge in [0.05, 0.1) is 11.4 Å². The van der Waals surface area contributed by atoms with E-state index in [-0.39, 0.29) is 5.75 Å². The topological polar surface area (TPSA) is 63.5 Å². The van der Waals surface area contributed by atoms with Crippen LogP contribution in [0.15, 0.2) is 73.1 Å². The Kier molecular flexibility index (Phi) is 4.60. The molecule has 0 radical (unpaired) electrons. The predicted molar refractivity (Wildman–Crippen MR) is 108 cm³/mol. The molecule has 7 heteroatoms. The van der Waals surface area contributed by atoms with Crippen LogP contribution in [-0.4, -0.2) is 17.8 Å². The summed E-state index contributed by atoms with van der Waals surface area (Å²) in [5.74, 6) is -0.630. The van der Waals surface area contributed by atoms with Crippen LogP contribution in [-0.2, 0) is 15.8 Å². The van der Waals surface area contributed by atoms with Gasteiger partial charge in [-0.25, -0.2) is 17.8 Å². The Balaban J connectivity index is 1.59. The van der Waals surface area contributed by atoms with Crippen LogP contribution >= 0.6 is 0 Å². The summed E-state index contributed by atoms with van der Waals surface area (Å²) in [5, 5.41) is 0. The van der Waals surface area contributed by atoms with Crippen LogP contribution in [0.4, 0.5) is 10.1 Å². The fraction of sp³-hybridized carbons (Fsp3) is 0.0952. The first kappa shape index (κ1) is 18.2. The van der Waals surface area contributed by atoms with Crippen molar-refractivity contribution in [2.75, 3.05) is 4.72 Å². The van der Waals surface area contributed by atoms with Crippen molar-refractivity contribution in [3.63, 3.8) is 0 Å². The second-order valence-corrected chi connectivity index (χ2v) is 8.34. The number of halogens is 1. The molecule has 0 saturated carbocycles. The maximum absolute atomic E-state index is 13.0. The number of anilines is 1. The van der Waals surface area contributed by atoms with Crippen molar-refractivity contribution in [3.8, 4) is 11.3 Å². The van der Waals surface area contributed by atoms with Crippen molar-refractivity contribution < 1.29 is 12.8 Å². The standard InChI is InChI=1S/C21H18FN3O2S/c1-15-4-3-11-25-13-20(23-21(15)25)17-5-2-6-19(12-17)24-28(26,27)14-16-7-9-18(22)10-8-16/h2-13,24H,14H2,1H3. The minimum Gasteiger partial charge on any atom is -0.306 e. The predicted octanol–water partition coefficient (Wildman–Crippen LogP) is 4.39. The number of aryl methyl sites for hydroxylation is 1. The van der Waals surface area contributed by atoms with Gasteiger partial charge >= 0.3 is 0 Å². The summed E-state index contributed by atoms with van der Waals surface area (Å²) >= 11 is 0. The Morgan fingerprint density at radius 1 is 1.07 bits per heavy atom. The van der Waals surface area contributed by atoms with Crippen molar-refractivity contribution >= 4 is 21.4 Å². The molecule has 0 saturated heterocycles. The van der Waals surface area contributed by atoms with E-state index in [9.17, 15) is 12.8 Å². The van der Waals surface area contributed by atoms with Crippen molar-refractivity contribution in [1.82, 2.24) is 9.38 Å². The Morgan fingerprint density at radius 2 is 1.86 bits per heavy atom. The molecule has 0 fully saturated rings. The third kappa shape index (κ3) is 3.89. The largest absolute Gasteiger partial charge is 0.306 e. The second kappa shape index (κ2) is 7.09. The zero-order chi connectivity index (χ0) is 19.7. The summed E-state index contributed by atoms with van der Waals surface area (Å²) in [6.45, 7) is 1.99. The molecule has 28 heavy (non-hydrogen) atoms. The number of benzene rings is 2. The molecule has 142 valence electrons. The van der Waals surface area contributed by atoms with Gasteiger partial charge in [0.2, 0.25) is 10.0 Å². The molecule has 0 spiro atoms. The highest BCUT2D eigenvalue weighted by atomic mass is 32.2. The summed E-state index contributed by atoms with van der Waals surface area (Å²) in [7, 11) is -3.63. The van der Waals surface area contributed by atoms with E-state index in [1.165, 1.54) is 24.3 Å². The normalized spacial score (nSPS) is 11.6. The molecule has 2 heterocycles. The number of fused-ring (bicyclic) bond motifs is 1. The Morgan fingerprint density at radius 3 is 2.61 bits per heavy atom. The van der Waals surface area contributed by atoms with Crippen molar-refractivity contribution in [3.05, 3.63) is 90.0 Å². The molecule has 0 unspecified atom stereocenters. The van der Waals surface area contributed by atoms with Crippen LogP contribution in [0.5, 0.6) is 0 Å². The van der Waals surface area contributed by atoms with E-state index in [1.807, 2.05) is 41.9 Å². The molecule has 0 aliphatic carbocycles. The molecule has 5 nitrogen and oxygen atoms in total. The van der Waals surface area contributed by atoms with Gasteiger partial charge in [0.25, 0.3) is 0 Å². The van der Waals surface area contributed by atoms with Crippen molar-refractivity contribution in [2.24, 2.45) is 0 Å². The lowest BCUT2D eigenvalue weighted by molar-refractivity contribution is 0.600. The summed E-state index contributed by atoms with van der Waals surface area (Å²) in [6, 6.07) is 16.5. The van der Waals surface area contributed by atoms with E-state index in [0.717, 1.165) is 22.5 Å². The molecular formula is C21H18FN3O2S. The number of pyridine rings is 1. The molecule has 0 aliphatic rings. The molecule has 0 bridgehead atoms. The van der Waals surface area contributed by atoms with E-state index >= 15 is 0 Å². The van der Waals surface area contributed by atoms with Gasteiger partial charge in [-0.2, -0.15) is 0 Å². The number of sulfonamides is 1. The van der Waals surface area contributed by atoms with Gasteiger partial charge in [-0.3, -0.25) is 4.72 Å². The van der Waals surface area contributed by atoms with Crippen LogP contribution in [0, 0.1) is 12.7 Å². The van der Waals surface area contributed by atoms with E-state index in [2.05, 4.69) is 9.71 Å². The summed E-state index contributed by atoms with van der Waals surface area (Å²) in [5.41, 5.74) is 4.46. The number of hydrogen-bond donors (Lipinski definition) is 1. The molecule has 2 aromatic heterocycles. The van der Waals surface area contributed by atoms with Crippen LogP contribution in [0.3, 0.4) is 0 Å². The monoisotopic (exact) mass is 395 g/mol. The molecule has 2 aromatic carbocycles. The summed E-state index contributed by atoms with van der Waals surface area (Å²) < 4.78 is 42.4. The Hall–Kier alpha value is -3.19. The van der Waals surface area contributed by atoms with Gasteiger partial charge in [0.1, 0.15) is 11.5 Å². The van der Waals surface area contributed by atoms with Gasteiger partial charge in [-0.1, -0.05) is 30.3 Å². The molecule has 1 N–H and O–H groups in total. The number of aromatic nitrogens is 2. The fourth-order valence-corrected chi connectivity index (χ4v) is 4.24. The lowest BCUT2D eigenvalue weighted by Gasteiger charge is -2.09. The number of rotatable bonds is 5. The van der Waals surface area contributed by atoms with Crippen LogP contribution in [0.2, 0.25) is 0 Å². The average molecular weight is 395 g/mol. The van der Waals surface area contributed by atoms with E-state index in [0.29, 0.717) is 11.3 Å². The summed E-state index contributed by atoms with van der Waals surface area (Å²) in [4.78, 5) is 4.65. The van der Waals surface area contributed by atoms with Gasteiger partial charge in [0.15, 0.2) is 0 Å². The average Bonchev–Trinajstić information content (AvgIpc) is 3.09. The lowest BCUT2D eigenvalue weighted by atomic mass is 10.1. The van der Waals surface area contributed by atoms with Crippen molar-refractivity contribution in [2.45, 2.75) is 12.7 Å². The van der Waals surface area contributed by atoms with Gasteiger partial charge in [-0.05, 0) is 48.4 Å². The van der Waals surface area contributed by atoms with Gasteiger partial charge < -0.3 is 4.40 Å². The minimum atomic E-state index is -3.63. The highest BCUT2D eigenvalue weighted by molar-refractivity contribution is 7.91. The van der Waals surface area contributed by atoms with E-state index in [1.54, 1.807) is 18.2 Å². The zero-order valence-electron chi connectivity index (χ0n) is 15.1. The minimum absolute atomic E-state index is 0.231. The SMILES string of the molecule is Cc1cccn2cc(-c3cccc(NS(=O)(=O)Cc4ccc(F)cc4)c3)nc12. The Bertz CT molecular complexity index is 1250. The van der Waals surface area contributed by atoms with Gasteiger partial charge in [0, 0.05) is 23.6 Å². The fourth-order valence-electron chi connectivity index (χ4n) is 3.05. The third-order valence-corrected chi connectivity index (χ3v) is 5.64. The highest BCUT2D eigenvalue weighted by Crippen LogP contribution is 2.24. The summed E-state index contributed by atoms with van der Waals surface area (Å²) in [6.07, 6.45) is 3.84. The number of imidazole rings is 1. The molecule has 0 amide bonds. The smallest absolute Gasteiger partial charge is 0.236 e. The first-order valence-corrected chi connectivity index (χ1v) is 10.3. The van der Waals surface area contributed by atoms with Crippen LogP contribution in [0.1, 0.15) is 11.1 Å². The molecule has 4 aromatic rings. The highest BCUT2D eigenvalue weighted by Gasteiger charge is 2.13. The molecule has 0 aliphatic heterocycles. The van der Waals surface area contributed by atoms with E-state index < -0.39 is 15.8 Å². The maximum atomic E-state index is 13.0. The van der Waals surface area contributed by atoms with Crippen LogP contribution in [0.25, 0.3) is 16.9 Å². The quantitative estimate of drug-likeness (QED) is 0.545. The molecular weight excluding hydrogens is 377 g/mol. The Labute approximate surface area is 162 Å². The number of hydrogen-bond acceptors (Lipinski definition) is 3. The first-order valence-electron chi connectivity index (χ1n) is 8.69. The lowest BCUT2D eigenvalue weighted by Crippen LogP contribution is -2.15.